The third-order valence-electron chi connectivity index (χ3n) is 5.70. The molecule has 1 fully saturated rings. The summed E-state index contributed by atoms with van der Waals surface area (Å²) in [5.41, 5.74) is 3.25. The summed E-state index contributed by atoms with van der Waals surface area (Å²) in [6, 6.07) is 14.6. The second kappa shape index (κ2) is 8.61. The third-order valence-corrected chi connectivity index (χ3v) is 5.70. The molecule has 2 heterocycles. The van der Waals surface area contributed by atoms with Crippen molar-refractivity contribution in [2.75, 3.05) is 0 Å². The topological polar surface area (TPSA) is 107 Å². The van der Waals surface area contributed by atoms with Crippen LogP contribution >= 0.6 is 0 Å². The molecule has 0 radical (unpaired) electrons. The zero-order valence-corrected chi connectivity index (χ0v) is 18.8. The lowest BCUT2D eigenvalue weighted by Crippen LogP contribution is -2.32. The summed E-state index contributed by atoms with van der Waals surface area (Å²) in [5, 5.41) is 15.4. The predicted octanol–water partition coefficient (Wildman–Crippen LogP) is 5.10. The minimum Gasteiger partial charge on any atom is -0.416 e. The number of carbonyl (C=O) groups excluding carboxylic acids is 1. The van der Waals surface area contributed by atoms with E-state index in [1.54, 1.807) is 24.3 Å². The number of carbonyl (C=O) groups is 1. The van der Waals surface area contributed by atoms with Crippen molar-refractivity contribution in [1.82, 2.24) is 25.7 Å². The molecule has 5 rings (SSSR count). The predicted molar refractivity (Wildman–Crippen MR) is 121 cm³/mol. The number of hydrogen-bond donors (Lipinski definition) is 1. The van der Waals surface area contributed by atoms with Crippen molar-refractivity contribution in [3.63, 3.8) is 0 Å². The zero-order chi connectivity index (χ0) is 22.9. The van der Waals surface area contributed by atoms with Crippen LogP contribution in [0.4, 0.5) is 0 Å². The van der Waals surface area contributed by atoms with Gasteiger partial charge in [0.1, 0.15) is 6.04 Å². The van der Waals surface area contributed by atoms with E-state index in [9.17, 15) is 4.79 Å². The largest absolute Gasteiger partial charge is 0.416 e. The molecule has 8 nitrogen and oxygen atoms in total. The van der Waals surface area contributed by atoms with Gasteiger partial charge in [0.05, 0.1) is 0 Å². The van der Waals surface area contributed by atoms with E-state index in [0.717, 1.165) is 35.4 Å². The highest BCUT2D eigenvalue weighted by Gasteiger charge is 2.31. The Labute approximate surface area is 191 Å². The fraction of sp³-hybridized carbons (Fsp3) is 0.320. The number of hydrogen-bond acceptors (Lipinski definition) is 7. The molecule has 2 aromatic heterocycles. The average Bonchev–Trinajstić information content (AvgIpc) is 3.34. The number of rotatable bonds is 7. The second-order valence-corrected chi connectivity index (χ2v) is 8.82. The molecule has 0 saturated heterocycles. The standard InChI is InChI=1S/C25H25N5O3/c1-14(2)20(25-27-21(30-33-25)16-7-8-16)26-22(31)17-9-11-18(12-10-17)23-28-29-24(32-23)19-6-4-5-15(3)13-19/h4-6,9-14,16,20H,7-8H2,1-3H3,(H,26,31). The Hall–Kier alpha value is -3.81. The van der Waals surface area contributed by atoms with Gasteiger partial charge in [-0.3, -0.25) is 4.79 Å². The summed E-state index contributed by atoms with van der Waals surface area (Å²) in [6.07, 6.45) is 2.19. The van der Waals surface area contributed by atoms with E-state index < -0.39 is 0 Å². The number of amides is 1. The zero-order valence-electron chi connectivity index (χ0n) is 18.8. The number of nitrogens with zero attached hydrogens (tertiary/aromatic N) is 4. The van der Waals surface area contributed by atoms with E-state index in [1.807, 2.05) is 45.0 Å². The van der Waals surface area contributed by atoms with E-state index in [4.69, 9.17) is 8.94 Å². The van der Waals surface area contributed by atoms with Gasteiger partial charge in [-0.15, -0.1) is 10.2 Å². The Balaban J connectivity index is 1.30. The van der Waals surface area contributed by atoms with E-state index in [0.29, 0.717) is 29.2 Å². The molecule has 1 saturated carbocycles. The number of aryl methyl sites for hydroxylation is 1. The van der Waals surface area contributed by atoms with Crippen LogP contribution in [0.2, 0.25) is 0 Å². The van der Waals surface area contributed by atoms with Crippen molar-refractivity contribution in [1.29, 1.82) is 0 Å². The van der Waals surface area contributed by atoms with E-state index in [2.05, 4.69) is 25.7 Å². The minimum atomic E-state index is -0.356. The third kappa shape index (κ3) is 4.55. The van der Waals surface area contributed by atoms with Gasteiger partial charge in [-0.05, 0) is 62.1 Å². The van der Waals surface area contributed by atoms with Crippen LogP contribution in [0, 0.1) is 12.8 Å². The first-order valence-electron chi connectivity index (χ1n) is 11.1. The lowest BCUT2D eigenvalue weighted by atomic mass is 10.0. The van der Waals surface area contributed by atoms with Gasteiger partial charge in [-0.25, -0.2) is 0 Å². The summed E-state index contributed by atoms with van der Waals surface area (Å²) in [7, 11) is 0. The quantitative estimate of drug-likeness (QED) is 0.423. The van der Waals surface area contributed by atoms with Gasteiger partial charge in [0.2, 0.25) is 17.7 Å². The molecular formula is C25H25N5O3. The van der Waals surface area contributed by atoms with Crippen LogP contribution in [0.25, 0.3) is 22.9 Å². The summed E-state index contributed by atoms with van der Waals surface area (Å²) in [6.45, 7) is 6.03. The maximum atomic E-state index is 12.9. The SMILES string of the molecule is Cc1cccc(-c2nnc(-c3ccc(C(=O)NC(c4nc(C5CC5)no4)C(C)C)cc3)o2)c1. The smallest absolute Gasteiger partial charge is 0.251 e. The molecular weight excluding hydrogens is 418 g/mol. The van der Waals surface area contributed by atoms with E-state index in [-0.39, 0.29) is 17.9 Å². The molecule has 1 aliphatic carbocycles. The lowest BCUT2D eigenvalue weighted by molar-refractivity contribution is 0.0914. The second-order valence-electron chi connectivity index (χ2n) is 8.82. The highest BCUT2D eigenvalue weighted by molar-refractivity contribution is 5.94. The maximum absolute atomic E-state index is 12.9. The summed E-state index contributed by atoms with van der Waals surface area (Å²) in [5.74, 6) is 2.33. The highest BCUT2D eigenvalue weighted by Crippen LogP contribution is 2.38. The summed E-state index contributed by atoms with van der Waals surface area (Å²) >= 11 is 0. The van der Waals surface area contributed by atoms with Gasteiger partial charge in [0.15, 0.2) is 5.82 Å². The minimum absolute atomic E-state index is 0.0964. The first-order chi connectivity index (χ1) is 16.0. The average molecular weight is 444 g/mol. The Morgan fingerprint density at radius 3 is 2.42 bits per heavy atom. The van der Waals surface area contributed by atoms with Crippen LogP contribution < -0.4 is 5.32 Å². The van der Waals surface area contributed by atoms with Gasteiger partial charge < -0.3 is 14.3 Å². The van der Waals surface area contributed by atoms with E-state index >= 15 is 0 Å². The lowest BCUT2D eigenvalue weighted by Gasteiger charge is -2.18. The van der Waals surface area contributed by atoms with Gasteiger partial charge >= 0.3 is 0 Å². The Morgan fingerprint density at radius 1 is 1.03 bits per heavy atom. The Bertz CT molecular complexity index is 1270. The van der Waals surface area contributed by atoms with E-state index in [1.165, 1.54) is 0 Å². The molecule has 4 aromatic rings. The molecule has 33 heavy (non-hydrogen) atoms. The van der Waals surface area contributed by atoms with Crippen LogP contribution in [0.5, 0.6) is 0 Å². The molecule has 1 unspecified atom stereocenters. The van der Waals surface area contributed by atoms with Crippen LogP contribution in [0.3, 0.4) is 0 Å². The highest BCUT2D eigenvalue weighted by atomic mass is 16.5. The Morgan fingerprint density at radius 2 is 1.76 bits per heavy atom. The summed E-state index contributed by atoms with van der Waals surface area (Å²) in [4.78, 5) is 17.4. The molecule has 168 valence electrons. The van der Waals surface area contributed by atoms with Gasteiger partial charge in [-0.2, -0.15) is 4.98 Å². The van der Waals surface area contributed by atoms with Crippen molar-refractivity contribution in [3.05, 3.63) is 71.4 Å². The summed E-state index contributed by atoms with van der Waals surface area (Å²) < 4.78 is 11.3. The fourth-order valence-corrected chi connectivity index (χ4v) is 3.62. The molecule has 0 bridgehead atoms. The normalized spacial score (nSPS) is 14.4. The molecule has 1 aliphatic rings. The van der Waals surface area contributed by atoms with Crippen LogP contribution in [0.15, 0.2) is 57.5 Å². The maximum Gasteiger partial charge on any atom is 0.251 e. The van der Waals surface area contributed by atoms with Gasteiger partial charge in [0, 0.05) is 22.6 Å². The number of aromatic nitrogens is 4. The number of benzene rings is 2. The van der Waals surface area contributed by atoms with Crippen molar-refractivity contribution < 1.29 is 13.7 Å². The van der Waals surface area contributed by atoms with Crippen LogP contribution in [0.1, 0.15) is 66.3 Å². The molecule has 0 spiro atoms. The Kier molecular flexibility index (Phi) is 5.50. The van der Waals surface area contributed by atoms with Crippen molar-refractivity contribution >= 4 is 5.91 Å². The first-order valence-corrected chi connectivity index (χ1v) is 11.1. The van der Waals surface area contributed by atoms with Crippen molar-refractivity contribution in [2.24, 2.45) is 5.92 Å². The fourth-order valence-electron chi connectivity index (χ4n) is 3.62. The number of nitrogens with one attached hydrogen (secondary N) is 1. The van der Waals surface area contributed by atoms with Gasteiger partial charge in [0.25, 0.3) is 5.91 Å². The molecule has 1 atom stereocenters. The van der Waals surface area contributed by atoms with Crippen molar-refractivity contribution in [3.8, 4) is 22.9 Å². The van der Waals surface area contributed by atoms with Crippen LogP contribution in [-0.4, -0.2) is 26.2 Å². The van der Waals surface area contributed by atoms with Crippen molar-refractivity contribution in [2.45, 2.75) is 45.6 Å². The molecule has 1 N–H and O–H groups in total. The van der Waals surface area contributed by atoms with Gasteiger partial charge in [-0.1, -0.05) is 36.7 Å². The van der Waals surface area contributed by atoms with Crippen LogP contribution in [-0.2, 0) is 0 Å². The monoisotopic (exact) mass is 443 g/mol. The first kappa shape index (κ1) is 21.1. The molecule has 1 amide bonds. The molecule has 2 aromatic carbocycles. The molecule has 8 heteroatoms. The molecule has 0 aliphatic heterocycles.